The molecule has 20 heavy (non-hydrogen) atoms. The van der Waals surface area contributed by atoms with Crippen molar-refractivity contribution in [2.24, 2.45) is 0 Å². The van der Waals surface area contributed by atoms with Crippen LogP contribution in [0.15, 0.2) is 0 Å². The molecule has 0 aromatic rings. The molecular weight excluding hydrogens is 280 g/mol. The van der Waals surface area contributed by atoms with Crippen LogP contribution in [-0.4, -0.2) is 114 Å². The first kappa shape index (κ1) is 21.9. The number of aliphatic hydroxyl groups is 10. The molecule has 0 saturated carbocycles. The van der Waals surface area contributed by atoms with Gasteiger partial charge in [-0.15, -0.1) is 0 Å². The summed E-state index contributed by atoms with van der Waals surface area (Å²) < 4.78 is 0. The molecule has 0 amide bonds. The number of aliphatic hydroxyl groups excluding tert-OH is 10. The maximum absolute atomic E-state index is 8.77. The first-order chi connectivity index (χ1) is 9.26. The van der Waals surface area contributed by atoms with Crippen molar-refractivity contribution in [3.05, 3.63) is 0 Å². The molecule has 0 aromatic carbocycles. The van der Waals surface area contributed by atoms with E-state index in [1.54, 1.807) is 0 Å². The first-order valence-corrected chi connectivity index (χ1v) is 5.78. The maximum atomic E-state index is 8.77. The predicted octanol–water partition coefficient (Wildman–Crippen LogP) is -5.89. The van der Waals surface area contributed by atoms with E-state index in [2.05, 4.69) is 0 Å². The van der Waals surface area contributed by atoms with E-state index in [-0.39, 0.29) is 0 Å². The zero-order valence-electron chi connectivity index (χ0n) is 10.8. The van der Waals surface area contributed by atoms with Crippen LogP contribution in [0.4, 0.5) is 0 Å². The van der Waals surface area contributed by atoms with Crippen molar-refractivity contribution in [2.45, 2.75) is 36.6 Å². The molecule has 0 fully saturated rings. The molecule has 10 nitrogen and oxygen atoms in total. The summed E-state index contributed by atoms with van der Waals surface area (Å²) in [6.07, 6.45) is -8.58. The summed E-state index contributed by atoms with van der Waals surface area (Å²) in [7, 11) is 0. The molecule has 0 aliphatic rings. The monoisotopic (exact) mass is 304 g/mol. The van der Waals surface area contributed by atoms with E-state index < -0.39 is 63.1 Å². The van der Waals surface area contributed by atoms with Gasteiger partial charge in [-0.1, -0.05) is 0 Å². The van der Waals surface area contributed by atoms with Crippen molar-refractivity contribution >= 4 is 0 Å². The third-order valence-electron chi connectivity index (χ3n) is 2.33. The molecule has 0 aliphatic carbocycles. The highest BCUT2D eigenvalue weighted by atomic mass is 16.4. The van der Waals surface area contributed by atoms with Crippen LogP contribution in [0.1, 0.15) is 0 Å². The molecule has 10 N–H and O–H groups in total. The summed E-state index contributed by atoms with van der Waals surface area (Å²) in [6.45, 7) is -2.56. The van der Waals surface area contributed by atoms with E-state index in [0.717, 1.165) is 0 Å². The molecule has 0 aliphatic heterocycles. The molecule has 0 unspecified atom stereocenters. The van der Waals surface area contributed by atoms with Crippen LogP contribution < -0.4 is 0 Å². The Balaban J connectivity index is 0. The van der Waals surface area contributed by atoms with Crippen molar-refractivity contribution in [3.63, 3.8) is 0 Å². The quantitative estimate of drug-likeness (QED) is 0.206. The summed E-state index contributed by atoms with van der Waals surface area (Å²) in [4.78, 5) is 0. The van der Waals surface area contributed by atoms with Gasteiger partial charge in [0.25, 0.3) is 0 Å². The molecule has 124 valence electrons. The second kappa shape index (κ2) is 12.3. The minimum Gasteiger partial charge on any atom is -0.394 e. The van der Waals surface area contributed by atoms with Gasteiger partial charge in [0.1, 0.15) is 36.6 Å². The summed E-state index contributed by atoms with van der Waals surface area (Å²) in [5.74, 6) is 0. The molecule has 0 rings (SSSR count). The van der Waals surface area contributed by atoms with Gasteiger partial charge in [0.05, 0.1) is 26.4 Å². The second-order valence-corrected chi connectivity index (χ2v) is 3.98. The van der Waals surface area contributed by atoms with E-state index in [1.807, 2.05) is 0 Å². The average molecular weight is 304 g/mol. The average Bonchev–Trinajstić information content (AvgIpc) is 2.50. The lowest BCUT2D eigenvalue weighted by Gasteiger charge is -2.19. The summed E-state index contributed by atoms with van der Waals surface area (Å²) >= 11 is 0. The molecule has 0 bridgehead atoms. The van der Waals surface area contributed by atoms with Gasteiger partial charge in [0.15, 0.2) is 0 Å². The first-order valence-electron chi connectivity index (χ1n) is 5.78. The molecular formula is C10H24O10. The van der Waals surface area contributed by atoms with Gasteiger partial charge in [-0.25, -0.2) is 0 Å². The van der Waals surface area contributed by atoms with Crippen LogP contribution in [0.3, 0.4) is 0 Å². The Kier molecular flexibility index (Phi) is 13.5. The Morgan fingerprint density at radius 3 is 0.650 bits per heavy atom. The van der Waals surface area contributed by atoms with E-state index in [1.165, 1.54) is 0 Å². The van der Waals surface area contributed by atoms with Gasteiger partial charge in [-0.05, 0) is 0 Å². The predicted molar refractivity (Wildman–Crippen MR) is 64.4 cm³/mol. The highest BCUT2D eigenvalue weighted by Gasteiger charge is 2.23. The van der Waals surface area contributed by atoms with Crippen molar-refractivity contribution in [2.75, 3.05) is 26.4 Å². The normalized spacial score (nSPS) is 17.4. The van der Waals surface area contributed by atoms with E-state index >= 15 is 0 Å². The Labute approximate surface area is 115 Å². The topological polar surface area (TPSA) is 202 Å². The fraction of sp³-hybridized carbons (Fsp3) is 1.00. The Morgan fingerprint density at radius 2 is 0.550 bits per heavy atom. The molecule has 0 heterocycles. The van der Waals surface area contributed by atoms with Crippen LogP contribution in [0, 0.1) is 0 Å². The zero-order chi connectivity index (χ0) is 16.3. The zero-order valence-corrected chi connectivity index (χ0v) is 10.8. The molecule has 0 aromatic heterocycles. The van der Waals surface area contributed by atoms with Crippen LogP contribution in [0.2, 0.25) is 0 Å². The molecule has 0 spiro atoms. The second-order valence-electron chi connectivity index (χ2n) is 3.98. The number of hydrogen-bond donors (Lipinski definition) is 10. The Morgan fingerprint density at radius 1 is 0.400 bits per heavy atom. The summed E-state index contributed by atoms with van der Waals surface area (Å²) in [5, 5.41) is 85.1. The van der Waals surface area contributed by atoms with Crippen molar-refractivity contribution in [3.8, 4) is 0 Å². The molecule has 0 radical (unpaired) electrons. The van der Waals surface area contributed by atoms with Gasteiger partial charge in [0, 0.05) is 0 Å². The van der Waals surface area contributed by atoms with Gasteiger partial charge in [-0.3, -0.25) is 0 Å². The smallest absolute Gasteiger partial charge is 0.110 e. The highest BCUT2D eigenvalue weighted by molar-refractivity contribution is 4.73. The van der Waals surface area contributed by atoms with Crippen molar-refractivity contribution < 1.29 is 51.1 Å². The maximum Gasteiger partial charge on any atom is 0.110 e. The van der Waals surface area contributed by atoms with Crippen LogP contribution >= 0.6 is 0 Å². The molecule has 0 saturated heterocycles. The third-order valence-corrected chi connectivity index (χ3v) is 2.33. The number of rotatable bonds is 8. The third kappa shape index (κ3) is 8.71. The number of hydrogen-bond acceptors (Lipinski definition) is 10. The lowest BCUT2D eigenvalue weighted by Crippen LogP contribution is -2.41. The van der Waals surface area contributed by atoms with Gasteiger partial charge in [-0.2, -0.15) is 0 Å². The fourth-order valence-electron chi connectivity index (χ4n) is 0.945. The van der Waals surface area contributed by atoms with Gasteiger partial charge >= 0.3 is 0 Å². The minimum atomic E-state index is -1.49. The Bertz CT molecular complexity index is 174. The Hall–Kier alpha value is -0.400. The SMILES string of the molecule is OC[C@@H](O)C(O)[C@H](O)CO.OC[C@H](O)C(O)[C@@H](O)CO. The molecule has 4 atom stereocenters. The van der Waals surface area contributed by atoms with Gasteiger partial charge < -0.3 is 51.1 Å². The lowest BCUT2D eigenvalue weighted by molar-refractivity contribution is -0.0900. The lowest BCUT2D eigenvalue weighted by atomic mass is 10.1. The van der Waals surface area contributed by atoms with Gasteiger partial charge in [0.2, 0.25) is 0 Å². The highest BCUT2D eigenvalue weighted by Crippen LogP contribution is 1.98. The minimum absolute atomic E-state index is 0.641. The van der Waals surface area contributed by atoms with E-state index in [0.29, 0.717) is 0 Å². The summed E-state index contributed by atoms with van der Waals surface area (Å²) in [5.41, 5.74) is 0. The van der Waals surface area contributed by atoms with Crippen LogP contribution in [0.5, 0.6) is 0 Å². The van der Waals surface area contributed by atoms with Crippen molar-refractivity contribution in [1.29, 1.82) is 0 Å². The summed E-state index contributed by atoms with van der Waals surface area (Å²) in [6, 6.07) is 0. The molecule has 10 heteroatoms. The largest absolute Gasteiger partial charge is 0.394 e. The van der Waals surface area contributed by atoms with E-state index in [4.69, 9.17) is 51.1 Å². The van der Waals surface area contributed by atoms with E-state index in [9.17, 15) is 0 Å². The fourth-order valence-corrected chi connectivity index (χ4v) is 0.945. The van der Waals surface area contributed by atoms with Crippen molar-refractivity contribution in [1.82, 2.24) is 0 Å². The standard InChI is InChI=1S/2C5H12O5/c2*6-1-3(8)5(10)4(9)2-7/h2*3-10H,1-2H2/t2*3-,4-/m10/s1. The van der Waals surface area contributed by atoms with Crippen LogP contribution in [-0.2, 0) is 0 Å². The van der Waals surface area contributed by atoms with Crippen LogP contribution in [0.25, 0.3) is 0 Å².